The van der Waals surface area contributed by atoms with Crippen LogP contribution in [0.15, 0.2) is 28.7 Å². The van der Waals surface area contributed by atoms with Gasteiger partial charge in [-0.15, -0.1) is 0 Å². The molecular weight excluding hydrogens is 271 g/mol. The Hall–Kier alpha value is -0.650. The van der Waals surface area contributed by atoms with Crippen molar-refractivity contribution in [2.45, 2.75) is 11.4 Å². The molecule has 2 atom stereocenters. The molecule has 0 aliphatic carbocycles. The Morgan fingerprint density at radius 3 is 3.00 bits per heavy atom. The molecule has 0 spiro atoms. The fourth-order valence-electron chi connectivity index (χ4n) is 2.05. The summed E-state index contributed by atoms with van der Waals surface area (Å²) in [6.45, 7) is 0. The van der Waals surface area contributed by atoms with Crippen LogP contribution in [-0.4, -0.2) is 27.6 Å². The largest absolute Gasteiger partial charge is 0.458 e. The van der Waals surface area contributed by atoms with Crippen molar-refractivity contribution in [3.05, 3.63) is 35.8 Å². The van der Waals surface area contributed by atoms with Gasteiger partial charge in [0.25, 0.3) is 0 Å². The van der Waals surface area contributed by atoms with Crippen molar-refractivity contribution in [3.63, 3.8) is 0 Å². The number of fused-ring (bicyclic) bond motifs is 1. The average molecular weight is 284 g/mol. The molecule has 5 heteroatoms. The third kappa shape index (κ3) is 2.39. The van der Waals surface area contributed by atoms with Crippen LogP contribution in [0.1, 0.15) is 11.9 Å². The highest BCUT2D eigenvalue weighted by atomic mass is 32.2. The van der Waals surface area contributed by atoms with Gasteiger partial charge in [-0.05, 0) is 24.3 Å². The lowest BCUT2D eigenvalue weighted by Gasteiger charge is -2.24. The van der Waals surface area contributed by atoms with Gasteiger partial charge >= 0.3 is 0 Å². The average Bonchev–Trinajstić information content (AvgIpc) is 2.81. The zero-order valence-electron chi connectivity index (χ0n) is 9.64. The van der Waals surface area contributed by atoms with Gasteiger partial charge < -0.3 is 9.52 Å². The van der Waals surface area contributed by atoms with Crippen LogP contribution in [0.25, 0.3) is 11.0 Å². The van der Waals surface area contributed by atoms with Gasteiger partial charge in [-0.25, -0.2) is 4.39 Å². The van der Waals surface area contributed by atoms with Gasteiger partial charge in [0.1, 0.15) is 23.3 Å². The van der Waals surface area contributed by atoms with Crippen molar-refractivity contribution in [1.29, 1.82) is 0 Å². The highest BCUT2D eigenvalue weighted by Gasteiger charge is 2.26. The summed E-state index contributed by atoms with van der Waals surface area (Å²) >= 11 is 3.63. The van der Waals surface area contributed by atoms with Crippen LogP contribution in [0, 0.1) is 5.82 Å². The van der Waals surface area contributed by atoms with Gasteiger partial charge in [0, 0.05) is 27.9 Å². The van der Waals surface area contributed by atoms with Crippen molar-refractivity contribution < 1.29 is 13.9 Å². The predicted molar refractivity (Wildman–Crippen MR) is 74.7 cm³/mol. The topological polar surface area (TPSA) is 33.4 Å². The molecule has 1 aromatic heterocycles. The highest BCUT2D eigenvalue weighted by Crippen LogP contribution is 2.35. The maximum atomic E-state index is 13.1. The van der Waals surface area contributed by atoms with Crippen LogP contribution in [-0.2, 0) is 0 Å². The molecule has 2 unspecified atom stereocenters. The van der Waals surface area contributed by atoms with Crippen molar-refractivity contribution in [2.75, 3.05) is 17.3 Å². The van der Waals surface area contributed by atoms with E-state index in [-0.39, 0.29) is 11.1 Å². The van der Waals surface area contributed by atoms with Crippen molar-refractivity contribution in [3.8, 4) is 0 Å². The Kier molecular flexibility index (Phi) is 3.54. The summed E-state index contributed by atoms with van der Waals surface area (Å²) < 4.78 is 18.7. The molecule has 18 heavy (non-hydrogen) atoms. The molecule has 0 saturated carbocycles. The highest BCUT2D eigenvalue weighted by molar-refractivity contribution is 8.06. The summed E-state index contributed by atoms with van der Waals surface area (Å²) in [5, 5.41) is 11.2. The van der Waals surface area contributed by atoms with Crippen molar-refractivity contribution in [2.24, 2.45) is 0 Å². The van der Waals surface area contributed by atoms with E-state index in [2.05, 4.69) is 0 Å². The Bertz CT molecular complexity index is 549. The third-order valence-electron chi connectivity index (χ3n) is 2.98. The maximum absolute atomic E-state index is 13.1. The van der Waals surface area contributed by atoms with Crippen LogP contribution < -0.4 is 0 Å². The first-order valence-corrected chi connectivity index (χ1v) is 8.01. The predicted octanol–water partition coefficient (Wildman–Crippen LogP) is 3.45. The quantitative estimate of drug-likeness (QED) is 0.915. The smallest absolute Gasteiger partial charge is 0.134 e. The minimum absolute atomic E-state index is 0.161. The first-order valence-electron chi connectivity index (χ1n) is 5.80. The summed E-state index contributed by atoms with van der Waals surface area (Å²) in [7, 11) is 0. The van der Waals surface area contributed by atoms with Gasteiger partial charge in [0.2, 0.25) is 0 Å². The number of hydrogen-bond donors (Lipinski definition) is 1. The lowest BCUT2D eigenvalue weighted by Crippen LogP contribution is -2.21. The maximum Gasteiger partial charge on any atom is 0.134 e. The molecule has 3 rings (SSSR count). The van der Waals surface area contributed by atoms with E-state index >= 15 is 0 Å². The molecule has 1 saturated heterocycles. The lowest BCUT2D eigenvalue weighted by atomic mass is 10.2. The first kappa shape index (κ1) is 12.4. The molecule has 1 N–H and O–H groups in total. The number of halogens is 1. The molecule has 1 aromatic carbocycles. The van der Waals surface area contributed by atoms with Crippen LogP contribution >= 0.6 is 23.5 Å². The third-order valence-corrected chi connectivity index (χ3v) is 5.83. The summed E-state index contributed by atoms with van der Waals surface area (Å²) in [6, 6.07) is 6.14. The molecular formula is C13H13FO2S2. The van der Waals surface area contributed by atoms with Gasteiger partial charge in [-0.2, -0.15) is 23.5 Å². The van der Waals surface area contributed by atoms with E-state index in [4.69, 9.17) is 4.42 Å². The van der Waals surface area contributed by atoms with E-state index in [0.717, 1.165) is 17.3 Å². The second-order valence-corrected chi connectivity index (χ2v) is 6.76. The standard InChI is InChI=1S/C13H13FO2S2/c14-9-1-2-10-8(5-9)6-11(16-10)13(15)12-7-17-3-4-18-12/h1-2,5-6,12-13,15H,3-4,7H2. The fourth-order valence-corrected chi connectivity index (χ4v) is 4.78. The van der Waals surface area contributed by atoms with E-state index < -0.39 is 6.10 Å². The van der Waals surface area contributed by atoms with Gasteiger partial charge in [0.05, 0.1) is 0 Å². The Morgan fingerprint density at radius 2 is 2.22 bits per heavy atom. The molecule has 1 fully saturated rings. The molecule has 2 heterocycles. The number of aliphatic hydroxyl groups is 1. The van der Waals surface area contributed by atoms with Gasteiger partial charge in [-0.3, -0.25) is 0 Å². The number of rotatable bonds is 2. The zero-order valence-corrected chi connectivity index (χ0v) is 11.3. The van der Waals surface area contributed by atoms with E-state index in [0.29, 0.717) is 16.7 Å². The summed E-state index contributed by atoms with van der Waals surface area (Å²) in [5.41, 5.74) is 0.624. The Morgan fingerprint density at radius 1 is 1.33 bits per heavy atom. The number of furan rings is 1. The minimum Gasteiger partial charge on any atom is -0.458 e. The first-order chi connectivity index (χ1) is 8.74. The lowest BCUT2D eigenvalue weighted by molar-refractivity contribution is 0.154. The molecule has 2 nitrogen and oxygen atoms in total. The van der Waals surface area contributed by atoms with Crippen molar-refractivity contribution >= 4 is 34.5 Å². The molecule has 96 valence electrons. The molecule has 2 aromatic rings. The minimum atomic E-state index is -0.613. The molecule has 1 aliphatic rings. The number of thioether (sulfide) groups is 2. The zero-order chi connectivity index (χ0) is 12.5. The van der Waals surface area contributed by atoms with Crippen LogP contribution in [0.4, 0.5) is 4.39 Å². The van der Waals surface area contributed by atoms with Crippen LogP contribution in [0.5, 0.6) is 0 Å². The monoisotopic (exact) mass is 284 g/mol. The molecule has 0 bridgehead atoms. The molecule has 0 radical (unpaired) electrons. The number of hydrogen-bond acceptors (Lipinski definition) is 4. The van der Waals surface area contributed by atoms with E-state index in [1.807, 2.05) is 11.8 Å². The van der Waals surface area contributed by atoms with Gasteiger partial charge in [0.15, 0.2) is 0 Å². The SMILES string of the molecule is OC(c1cc2cc(F)ccc2o1)C1CSCCS1. The summed E-state index contributed by atoms with van der Waals surface area (Å²) in [4.78, 5) is 0. The second-order valence-electron chi connectivity index (χ2n) is 4.26. The number of aliphatic hydroxyl groups excluding tert-OH is 1. The fraction of sp³-hybridized carbons (Fsp3) is 0.385. The summed E-state index contributed by atoms with van der Waals surface area (Å²) in [5.74, 6) is 3.38. The van der Waals surface area contributed by atoms with Crippen LogP contribution in [0.2, 0.25) is 0 Å². The second kappa shape index (κ2) is 5.15. The summed E-state index contributed by atoms with van der Waals surface area (Å²) in [6.07, 6.45) is -0.613. The van der Waals surface area contributed by atoms with E-state index in [1.54, 1.807) is 23.9 Å². The van der Waals surface area contributed by atoms with E-state index in [9.17, 15) is 9.50 Å². The Labute approximate surface area is 113 Å². The van der Waals surface area contributed by atoms with Gasteiger partial charge in [-0.1, -0.05) is 0 Å². The normalized spacial score (nSPS) is 22.2. The van der Waals surface area contributed by atoms with Crippen LogP contribution in [0.3, 0.4) is 0 Å². The van der Waals surface area contributed by atoms with E-state index in [1.165, 1.54) is 12.1 Å². The van der Waals surface area contributed by atoms with Crippen molar-refractivity contribution in [1.82, 2.24) is 0 Å². The Balaban J connectivity index is 1.88. The molecule has 1 aliphatic heterocycles. The number of benzene rings is 1. The molecule has 0 amide bonds.